The van der Waals surface area contributed by atoms with Gasteiger partial charge in [-0.2, -0.15) is 0 Å². The lowest BCUT2D eigenvalue weighted by Gasteiger charge is -2.21. The highest BCUT2D eigenvalue weighted by Crippen LogP contribution is 2.34. The lowest BCUT2D eigenvalue weighted by Crippen LogP contribution is -2.45. The summed E-state index contributed by atoms with van der Waals surface area (Å²) in [4.78, 5) is 0. The van der Waals surface area contributed by atoms with Gasteiger partial charge in [-0.15, -0.1) is 0 Å². The minimum atomic E-state index is -0.522. The molecule has 7 aromatic carbocycles. The molecule has 1 fully saturated rings. The van der Waals surface area contributed by atoms with Crippen molar-refractivity contribution in [2.75, 3.05) is 6.61 Å². The number of hydrogen-bond acceptors (Lipinski definition) is 1. The van der Waals surface area contributed by atoms with Gasteiger partial charge in [0.15, 0.2) is 0 Å². The molecule has 0 aromatic heterocycles. The van der Waals surface area contributed by atoms with E-state index in [1.807, 2.05) is 0 Å². The molecule has 1 saturated heterocycles. The largest absolute Gasteiger partial charge is 0.422 e. The van der Waals surface area contributed by atoms with Gasteiger partial charge in [0.05, 0.1) is 16.9 Å². The smallest absolute Gasteiger partial charge is 0.203 e. The molecule has 1 heterocycles. The van der Waals surface area contributed by atoms with E-state index in [1.54, 1.807) is 5.19 Å². The van der Waals surface area contributed by atoms with Crippen LogP contribution in [0.5, 0.6) is 0 Å². The minimum absolute atomic E-state index is 0.522. The average Bonchev–Trinajstić information content (AvgIpc) is 2.93. The molecule has 1 aliphatic rings. The summed E-state index contributed by atoms with van der Waals surface area (Å²) in [6, 6.07) is 40.5. The molecule has 7 aromatic rings. The lowest BCUT2D eigenvalue weighted by atomic mass is 9.94. The fourth-order valence-electron chi connectivity index (χ4n) is 5.85. The summed E-state index contributed by atoms with van der Waals surface area (Å²) < 4.78 is 5.71. The topological polar surface area (TPSA) is 9.23 Å². The zero-order valence-corrected chi connectivity index (χ0v) is 22.6. The highest BCUT2D eigenvalue weighted by Gasteiger charge is 2.21. The maximum Gasteiger partial charge on any atom is 0.203 e. The Kier molecular flexibility index (Phi) is 4.70. The van der Waals surface area contributed by atoms with Crippen LogP contribution in [0.3, 0.4) is 0 Å². The third-order valence-corrected chi connectivity index (χ3v) is 17.0. The fraction of sp³-hybridized carbons (Fsp3) is 0.0625. The molecule has 0 spiro atoms. The number of fused-ring (bicyclic) bond motifs is 7. The van der Waals surface area contributed by atoms with Crippen molar-refractivity contribution >= 4 is 96.0 Å². The van der Waals surface area contributed by atoms with Crippen LogP contribution < -0.4 is 5.19 Å². The van der Waals surface area contributed by atoms with Crippen LogP contribution in [0.2, 0.25) is 6.04 Å². The van der Waals surface area contributed by atoms with Gasteiger partial charge in [0.2, 0.25) is 9.28 Å². The molecule has 36 heavy (non-hydrogen) atoms. The van der Waals surface area contributed by atoms with Crippen molar-refractivity contribution in [2.24, 2.45) is 0 Å². The number of rotatable bonds is 1. The summed E-state index contributed by atoms with van der Waals surface area (Å²) >= 11 is 0. The van der Waals surface area contributed by atoms with E-state index in [4.69, 9.17) is 4.43 Å². The molecule has 0 amide bonds. The SMILES string of the molecule is c1ccc2cc3cc4c(ccc5cc6cc7cccc([Si]8CCO[Si][Si]8)c7cc6cc54)cc3cc2c1. The Morgan fingerprint density at radius 3 is 1.67 bits per heavy atom. The van der Waals surface area contributed by atoms with Crippen LogP contribution in [0.4, 0.5) is 0 Å². The molecule has 0 N–H and O–H groups in total. The van der Waals surface area contributed by atoms with Crippen molar-refractivity contribution in [3.8, 4) is 0 Å². The van der Waals surface area contributed by atoms with E-state index in [0.29, 0.717) is 9.28 Å². The van der Waals surface area contributed by atoms with Crippen molar-refractivity contribution < 1.29 is 4.43 Å². The van der Waals surface area contributed by atoms with E-state index in [0.717, 1.165) is 15.2 Å². The van der Waals surface area contributed by atoms with Crippen molar-refractivity contribution in [1.82, 2.24) is 0 Å². The van der Waals surface area contributed by atoms with E-state index in [2.05, 4.69) is 103 Å². The Labute approximate surface area is 215 Å². The summed E-state index contributed by atoms with van der Waals surface area (Å²) in [5.41, 5.74) is 0. The molecule has 1 nitrogen and oxygen atoms in total. The molecule has 0 bridgehead atoms. The molecular weight excluding hydrogens is 485 g/mol. The van der Waals surface area contributed by atoms with Gasteiger partial charge in [0.1, 0.15) is 0 Å². The molecule has 8 rings (SSSR count). The zero-order chi connectivity index (χ0) is 23.6. The molecule has 5 radical (unpaired) electrons. The van der Waals surface area contributed by atoms with Gasteiger partial charge in [-0.1, -0.05) is 59.8 Å². The van der Waals surface area contributed by atoms with Crippen LogP contribution in [0.15, 0.2) is 103 Å². The number of hydrogen-bond donors (Lipinski definition) is 0. The van der Waals surface area contributed by atoms with E-state index in [9.17, 15) is 0 Å². The highest BCUT2D eigenvalue weighted by molar-refractivity contribution is 7.39. The Balaban J connectivity index is 1.39. The van der Waals surface area contributed by atoms with Crippen LogP contribution in [0, 0.1) is 0 Å². The predicted octanol–water partition coefficient (Wildman–Crippen LogP) is 7.07. The normalized spacial score (nSPS) is 15.1. The standard InChI is InChI=1S/C32H21OSi3/c1-2-5-21-13-27-17-29-23(15-25(27)12-20(21)4-1)8-9-24-16-26-14-22-6-3-7-32(36-11-10-33-34-35-36)31(22)19-28(26)18-30(24)29/h1-9,12-19H,10-11H2. The first kappa shape index (κ1) is 20.9. The third kappa shape index (κ3) is 3.29. The first-order chi connectivity index (χ1) is 17.8. The highest BCUT2D eigenvalue weighted by atomic mass is 29.5. The first-order valence-electron chi connectivity index (χ1n) is 12.4. The summed E-state index contributed by atoms with van der Waals surface area (Å²) in [5.74, 6) is 0. The second-order valence-corrected chi connectivity index (χ2v) is 18.0. The van der Waals surface area contributed by atoms with Gasteiger partial charge in [0.25, 0.3) is 0 Å². The molecule has 0 unspecified atom stereocenters. The monoisotopic (exact) mass is 505 g/mol. The fourth-order valence-corrected chi connectivity index (χ4v) is 14.9. The number of benzene rings is 7. The van der Waals surface area contributed by atoms with Crippen LogP contribution in [-0.2, 0) is 4.43 Å². The molecule has 0 atom stereocenters. The summed E-state index contributed by atoms with van der Waals surface area (Å²) in [6.45, 7) is 0.934. The minimum Gasteiger partial charge on any atom is -0.422 e. The van der Waals surface area contributed by atoms with Gasteiger partial charge in [-0.3, -0.25) is 0 Å². The van der Waals surface area contributed by atoms with Gasteiger partial charge in [-0.25, -0.2) is 0 Å². The quantitative estimate of drug-likeness (QED) is 0.132. The van der Waals surface area contributed by atoms with Crippen LogP contribution in [0.1, 0.15) is 0 Å². The first-order valence-corrected chi connectivity index (χ1v) is 18.1. The van der Waals surface area contributed by atoms with Gasteiger partial charge < -0.3 is 4.43 Å². The molecular formula is C32H21OSi3. The Morgan fingerprint density at radius 2 is 1.03 bits per heavy atom. The molecule has 4 heteroatoms. The maximum atomic E-state index is 5.71. The summed E-state index contributed by atoms with van der Waals surface area (Å²) in [5, 5.41) is 17.6. The molecule has 0 aliphatic carbocycles. The Morgan fingerprint density at radius 1 is 0.500 bits per heavy atom. The van der Waals surface area contributed by atoms with Crippen LogP contribution in [-0.4, -0.2) is 32.8 Å². The molecule has 167 valence electrons. The predicted molar refractivity (Wildman–Crippen MR) is 159 cm³/mol. The zero-order valence-electron chi connectivity index (χ0n) is 19.6. The summed E-state index contributed by atoms with van der Waals surface area (Å²) in [6.07, 6.45) is 0. The Hall–Kier alpha value is -3.29. The van der Waals surface area contributed by atoms with Crippen LogP contribution in [0.25, 0.3) is 64.6 Å². The van der Waals surface area contributed by atoms with E-state index < -0.39 is 8.31 Å². The van der Waals surface area contributed by atoms with Crippen molar-refractivity contribution in [2.45, 2.75) is 6.04 Å². The van der Waals surface area contributed by atoms with Crippen molar-refractivity contribution in [1.29, 1.82) is 0 Å². The van der Waals surface area contributed by atoms with Gasteiger partial charge in [0, 0.05) is 6.61 Å². The van der Waals surface area contributed by atoms with Gasteiger partial charge in [-0.05, 0) is 119 Å². The van der Waals surface area contributed by atoms with Crippen molar-refractivity contribution in [3.05, 3.63) is 103 Å². The molecule has 0 saturated carbocycles. The Bertz CT molecular complexity index is 1990. The van der Waals surface area contributed by atoms with E-state index >= 15 is 0 Å². The second kappa shape index (κ2) is 8.11. The maximum absolute atomic E-state index is 5.71. The summed E-state index contributed by atoms with van der Waals surface area (Å²) in [7, 11) is 1.15. The van der Waals surface area contributed by atoms with Gasteiger partial charge >= 0.3 is 0 Å². The third-order valence-electron chi connectivity index (χ3n) is 7.67. The van der Waals surface area contributed by atoms with E-state index in [-0.39, 0.29) is 0 Å². The molecule has 1 aliphatic heterocycles. The lowest BCUT2D eigenvalue weighted by molar-refractivity contribution is 0.367. The second-order valence-electron chi connectivity index (χ2n) is 9.79. The average molecular weight is 506 g/mol. The van der Waals surface area contributed by atoms with E-state index in [1.165, 1.54) is 70.7 Å². The van der Waals surface area contributed by atoms with Crippen LogP contribution >= 0.6 is 0 Å². The van der Waals surface area contributed by atoms with Crippen molar-refractivity contribution in [3.63, 3.8) is 0 Å².